The van der Waals surface area contributed by atoms with Crippen molar-refractivity contribution in [1.29, 1.82) is 0 Å². The first-order chi connectivity index (χ1) is 7.63. The van der Waals surface area contributed by atoms with E-state index < -0.39 is 0 Å². The first-order valence-corrected chi connectivity index (χ1v) is 6.22. The van der Waals surface area contributed by atoms with Crippen LogP contribution >= 0.6 is 15.9 Å². The molecule has 1 aromatic carbocycles. The number of rotatable bonds is 6. The van der Waals surface area contributed by atoms with Crippen molar-refractivity contribution < 1.29 is 22.3 Å². The minimum absolute atomic E-state index is 0. The highest BCUT2D eigenvalue weighted by Gasteiger charge is 2.02. The number of benzene rings is 1. The van der Waals surface area contributed by atoms with Gasteiger partial charge in [-0.2, -0.15) is 0 Å². The van der Waals surface area contributed by atoms with E-state index in [-0.39, 0.29) is 18.5 Å². The van der Waals surface area contributed by atoms with Crippen LogP contribution in [0.25, 0.3) is 0 Å². The summed E-state index contributed by atoms with van der Waals surface area (Å²) in [5.74, 6) is 0.863. The van der Waals surface area contributed by atoms with Crippen LogP contribution in [0.15, 0.2) is 22.7 Å². The summed E-state index contributed by atoms with van der Waals surface area (Å²) in [6.45, 7) is 5.74. The molecule has 0 aliphatic heterocycles. The maximum atomic E-state index is 9.11. The van der Waals surface area contributed by atoms with Crippen molar-refractivity contribution >= 4 is 15.9 Å². The fraction of sp³-hybridized carbons (Fsp3) is 0.500. The average molecular weight is 324 g/mol. The van der Waals surface area contributed by atoms with Gasteiger partial charge in [-0.25, -0.2) is 0 Å². The third-order valence-corrected chi connectivity index (χ3v) is 2.68. The van der Waals surface area contributed by atoms with E-state index in [2.05, 4.69) is 21.2 Å². The van der Waals surface area contributed by atoms with Gasteiger partial charge in [0.1, 0.15) is 5.75 Å². The third kappa shape index (κ3) is 6.27. The minimum atomic E-state index is -0.314. The van der Waals surface area contributed by atoms with Crippen LogP contribution in [0.5, 0.6) is 5.75 Å². The van der Waals surface area contributed by atoms with Crippen LogP contribution in [0, 0.1) is 0 Å². The molecular formula is C12H18BrClNO2-. The fourth-order valence-corrected chi connectivity index (χ4v) is 1.89. The maximum absolute atomic E-state index is 9.11. The molecule has 3 nitrogen and oxygen atoms in total. The number of halogens is 2. The van der Waals surface area contributed by atoms with Crippen molar-refractivity contribution in [3.05, 3.63) is 28.2 Å². The molecule has 5 heteroatoms. The second-order valence-electron chi connectivity index (χ2n) is 3.68. The van der Waals surface area contributed by atoms with Gasteiger partial charge in [-0.05, 0) is 47.5 Å². The number of aliphatic hydroxyl groups is 1. The molecular weight excluding hydrogens is 305 g/mol. The molecule has 0 radical (unpaired) electrons. The maximum Gasteiger partial charge on any atom is 0.133 e. The number of ether oxygens (including phenoxy) is 1. The molecule has 1 unspecified atom stereocenters. The third-order valence-electron chi connectivity index (χ3n) is 2.07. The van der Waals surface area contributed by atoms with Crippen LogP contribution in [-0.4, -0.2) is 24.4 Å². The first kappa shape index (κ1) is 16.7. The Morgan fingerprint density at radius 1 is 1.47 bits per heavy atom. The summed E-state index contributed by atoms with van der Waals surface area (Å²) in [6.07, 6.45) is -0.314. The lowest BCUT2D eigenvalue weighted by Gasteiger charge is -2.09. The van der Waals surface area contributed by atoms with E-state index in [1.165, 1.54) is 0 Å². The zero-order chi connectivity index (χ0) is 12.0. The van der Waals surface area contributed by atoms with E-state index in [9.17, 15) is 0 Å². The van der Waals surface area contributed by atoms with Crippen LogP contribution in [0.4, 0.5) is 0 Å². The van der Waals surface area contributed by atoms with Gasteiger partial charge in [0, 0.05) is 13.1 Å². The first-order valence-electron chi connectivity index (χ1n) is 5.43. The Morgan fingerprint density at radius 2 is 2.18 bits per heavy atom. The molecule has 0 heterocycles. The summed E-state index contributed by atoms with van der Waals surface area (Å²) >= 11 is 3.47. The van der Waals surface area contributed by atoms with E-state index in [0.717, 1.165) is 22.3 Å². The number of hydrogen-bond acceptors (Lipinski definition) is 3. The number of nitrogens with one attached hydrogen (secondary N) is 1. The molecule has 0 bridgehead atoms. The lowest BCUT2D eigenvalue weighted by molar-refractivity contribution is -0.00000604. The van der Waals surface area contributed by atoms with Gasteiger partial charge < -0.3 is 27.6 Å². The van der Waals surface area contributed by atoms with Gasteiger partial charge in [0.25, 0.3) is 0 Å². The van der Waals surface area contributed by atoms with E-state index in [1.807, 2.05) is 25.1 Å². The van der Waals surface area contributed by atoms with Crippen LogP contribution in [0.2, 0.25) is 0 Å². The largest absolute Gasteiger partial charge is 1.00 e. The molecule has 0 saturated carbocycles. The summed E-state index contributed by atoms with van der Waals surface area (Å²) < 4.78 is 6.39. The van der Waals surface area contributed by atoms with Gasteiger partial charge in [-0.1, -0.05) is 6.07 Å². The van der Waals surface area contributed by atoms with E-state index >= 15 is 0 Å². The van der Waals surface area contributed by atoms with Crippen molar-refractivity contribution in [3.63, 3.8) is 0 Å². The zero-order valence-corrected chi connectivity index (χ0v) is 12.4. The zero-order valence-electron chi connectivity index (χ0n) is 10.0. The highest BCUT2D eigenvalue weighted by atomic mass is 79.9. The Balaban J connectivity index is 0.00000256. The Hall–Kier alpha value is -0.290. The van der Waals surface area contributed by atoms with Crippen LogP contribution in [0.3, 0.4) is 0 Å². The molecule has 0 spiro atoms. The molecule has 1 atom stereocenters. The molecule has 0 aliphatic rings. The summed E-state index contributed by atoms with van der Waals surface area (Å²) in [4.78, 5) is 0. The van der Waals surface area contributed by atoms with Crippen molar-refractivity contribution in [1.82, 2.24) is 5.32 Å². The molecule has 1 rings (SSSR count). The van der Waals surface area contributed by atoms with Crippen molar-refractivity contribution in [2.45, 2.75) is 26.5 Å². The number of aliphatic hydroxyl groups excluding tert-OH is 1. The molecule has 0 amide bonds. The molecule has 17 heavy (non-hydrogen) atoms. The van der Waals surface area contributed by atoms with Gasteiger partial charge in [0.2, 0.25) is 0 Å². The highest BCUT2D eigenvalue weighted by molar-refractivity contribution is 9.10. The average Bonchev–Trinajstić information content (AvgIpc) is 2.21. The standard InChI is InChI=1S/C12H18BrNO2.ClH/c1-3-16-12-5-4-10(6-11(12)13)8-14-7-9(2)15;/h4-6,9,14-15H,3,7-8H2,1-2H3;1H/p-1. The minimum Gasteiger partial charge on any atom is -1.00 e. The van der Waals surface area contributed by atoms with Crippen LogP contribution < -0.4 is 22.5 Å². The molecule has 0 aliphatic carbocycles. The van der Waals surface area contributed by atoms with Gasteiger partial charge >= 0.3 is 0 Å². The summed E-state index contributed by atoms with van der Waals surface area (Å²) in [5, 5.41) is 12.3. The van der Waals surface area contributed by atoms with Gasteiger partial charge in [-0.15, -0.1) is 0 Å². The predicted octanol–water partition coefficient (Wildman–Crippen LogP) is -0.678. The van der Waals surface area contributed by atoms with Crippen LogP contribution in [0.1, 0.15) is 19.4 Å². The molecule has 0 aromatic heterocycles. The van der Waals surface area contributed by atoms with Gasteiger partial charge in [0.15, 0.2) is 0 Å². The van der Waals surface area contributed by atoms with E-state index in [0.29, 0.717) is 13.2 Å². The Bertz CT molecular complexity index is 334. The summed E-state index contributed by atoms with van der Waals surface area (Å²) in [6, 6.07) is 6.00. The Labute approximate surface area is 117 Å². The monoisotopic (exact) mass is 322 g/mol. The second kappa shape index (κ2) is 8.75. The smallest absolute Gasteiger partial charge is 0.133 e. The molecule has 0 fully saturated rings. The summed E-state index contributed by atoms with van der Waals surface area (Å²) in [7, 11) is 0. The SMILES string of the molecule is CCOc1ccc(CNCC(C)O)cc1Br.[Cl-]. The Kier molecular flexibility index (Phi) is 8.60. The van der Waals surface area contributed by atoms with Crippen molar-refractivity contribution in [2.24, 2.45) is 0 Å². The lowest BCUT2D eigenvalue weighted by atomic mass is 10.2. The lowest BCUT2D eigenvalue weighted by Crippen LogP contribution is -3.00. The summed E-state index contributed by atoms with van der Waals surface area (Å²) in [5.41, 5.74) is 1.16. The van der Waals surface area contributed by atoms with Gasteiger partial charge in [0.05, 0.1) is 17.2 Å². The molecule has 98 valence electrons. The fourth-order valence-electron chi connectivity index (χ4n) is 1.35. The highest BCUT2D eigenvalue weighted by Crippen LogP contribution is 2.25. The molecule has 0 saturated heterocycles. The molecule has 1 aromatic rings. The Morgan fingerprint density at radius 3 is 2.71 bits per heavy atom. The van der Waals surface area contributed by atoms with Crippen molar-refractivity contribution in [2.75, 3.05) is 13.2 Å². The number of hydrogen-bond donors (Lipinski definition) is 2. The second-order valence-corrected chi connectivity index (χ2v) is 4.53. The quantitative estimate of drug-likeness (QED) is 0.729. The van der Waals surface area contributed by atoms with E-state index in [4.69, 9.17) is 9.84 Å². The van der Waals surface area contributed by atoms with Gasteiger partial charge in [-0.3, -0.25) is 0 Å². The normalized spacial score (nSPS) is 11.8. The van der Waals surface area contributed by atoms with E-state index in [1.54, 1.807) is 6.92 Å². The molecule has 2 N–H and O–H groups in total. The van der Waals surface area contributed by atoms with Crippen LogP contribution in [-0.2, 0) is 6.54 Å². The van der Waals surface area contributed by atoms with Crippen molar-refractivity contribution in [3.8, 4) is 5.75 Å². The predicted molar refractivity (Wildman–Crippen MR) is 68.7 cm³/mol. The topological polar surface area (TPSA) is 41.5 Å².